The lowest BCUT2D eigenvalue weighted by atomic mass is 10.2. The maximum Gasteiger partial charge on any atom is 0.347 e. The first-order chi connectivity index (χ1) is 9.13. The third kappa shape index (κ3) is 2.29. The minimum Gasteiger partial charge on any atom is -0.403 e. The Bertz CT molecular complexity index is 812. The summed E-state index contributed by atoms with van der Waals surface area (Å²) in [6.45, 7) is 0. The van der Waals surface area contributed by atoms with Gasteiger partial charge in [0.2, 0.25) is 5.89 Å². The van der Waals surface area contributed by atoms with Gasteiger partial charge in [-0.1, -0.05) is 15.9 Å². The van der Waals surface area contributed by atoms with Crippen molar-refractivity contribution >= 4 is 26.8 Å². The second-order valence-electron chi connectivity index (χ2n) is 3.97. The van der Waals surface area contributed by atoms with Crippen LogP contribution >= 0.6 is 15.9 Å². The van der Waals surface area contributed by atoms with Gasteiger partial charge in [0.1, 0.15) is 5.82 Å². The first-order valence-electron chi connectivity index (χ1n) is 5.50. The molecule has 5 heteroatoms. The summed E-state index contributed by atoms with van der Waals surface area (Å²) < 4.78 is 18.8. The highest BCUT2D eigenvalue weighted by atomic mass is 79.9. The summed E-state index contributed by atoms with van der Waals surface area (Å²) in [5, 5.41) is 0.403. The molecule has 94 valence electrons. The number of nitrogens with zero attached hydrogens (tertiary/aromatic N) is 1. The Hall–Kier alpha value is -2.01. The molecular weight excluding hydrogens is 313 g/mol. The van der Waals surface area contributed by atoms with E-state index >= 15 is 0 Å². The number of halogens is 2. The summed E-state index contributed by atoms with van der Waals surface area (Å²) in [4.78, 5) is 16.2. The van der Waals surface area contributed by atoms with E-state index < -0.39 is 5.63 Å². The molecule has 0 aliphatic heterocycles. The monoisotopic (exact) mass is 319 g/mol. The second-order valence-corrected chi connectivity index (χ2v) is 4.89. The van der Waals surface area contributed by atoms with E-state index in [9.17, 15) is 9.18 Å². The van der Waals surface area contributed by atoms with Gasteiger partial charge >= 0.3 is 5.63 Å². The van der Waals surface area contributed by atoms with Gasteiger partial charge in [0.15, 0.2) is 0 Å². The Morgan fingerprint density at radius 1 is 1.11 bits per heavy atom. The Kier molecular flexibility index (Phi) is 2.91. The molecule has 2 aromatic carbocycles. The molecule has 3 aromatic rings. The van der Waals surface area contributed by atoms with Crippen molar-refractivity contribution in [1.82, 2.24) is 4.98 Å². The molecular formula is C14H7BrFNO2. The number of hydrogen-bond acceptors (Lipinski definition) is 3. The maximum atomic E-state index is 12.9. The van der Waals surface area contributed by atoms with Crippen LogP contribution in [0.3, 0.4) is 0 Å². The van der Waals surface area contributed by atoms with Gasteiger partial charge in [0.05, 0.1) is 10.9 Å². The van der Waals surface area contributed by atoms with Crippen molar-refractivity contribution in [3.8, 4) is 11.5 Å². The van der Waals surface area contributed by atoms with Gasteiger partial charge in [0.25, 0.3) is 0 Å². The number of benzene rings is 2. The van der Waals surface area contributed by atoms with E-state index in [4.69, 9.17) is 4.42 Å². The minimum absolute atomic E-state index is 0.180. The van der Waals surface area contributed by atoms with E-state index in [1.54, 1.807) is 18.2 Å². The van der Waals surface area contributed by atoms with E-state index in [0.29, 0.717) is 16.5 Å². The van der Waals surface area contributed by atoms with E-state index in [1.807, 2.05) is 0 Å². The highest BCUT2D eigenvalue weighted by Gasteiger charge is 2.08. The molecule has 0 radical (unpaired) electrons. The van der Waals surface area contributed by atoms with Crippen molar-refractivity contribution in [2.24, 2.45) is 0 Å². The average molecular weight is 320 g/mol. The first-order valence-corrected chi connectivity index (χ1v) is 6.29. The predicted molar refractivity (Wildman–Crippen MR) is 73.4 cm³/mol. The van der Waals surface area contributed by atoms with Crippen molar-refractivity contribution in [2.45, 2.75) is 0 Å². The fraction of sp³-hybridized carbons (Fsp3) is 0. The number of fused-ring (bicyclic) bond motifs is 1. The lowest BCUT2D eigenvalue weighted by Gasteiger charge is -2.02. The fourth-order valence-electron chi connectivity index (χ4n) is 1.76. The standard InChI is InChI=1S/C14H7BrFNO2/c15-9-3-6-12-11(7-9)14(18)19-13(17-12)8-1-4-10(16)5-2-8/h1-7H. The SMILES string of the molecule is O=c1oc(-c2ccc(F)cc2)nc2ccc(Br)cc12. The van der Waals surface area contributed by atoms with Gasteiger partial charge in [-0.3, -0.25) is 0 Å². The zero-order valence-corrected chi connectivity index (χ0v) is 11.1. The van der Waals surface area contributed by atoms with Crippen LogP contribution in [0, 0.1) is 5.82 Å². The molecule has 0 atom stereocenters. The lowest BCUT2D eigenvalue weighted by molar-refractivity contribution is 0.518. The van der Waals surface area contributed by atoms with Crippen LogP contribution in [0.1, 0.15) is 0 Å². The second kappa shape index (κ2) is 4.59. The van der Waals surface area contributed by atoms with Crippen LogP contribution in [0.2, 0.25) is 0 Å². The molecule has 0 unspecified atom stereocenters. The molecule has 0 aliphatic rings. The Labute approximate surface area is 115 Å². The smallest absolute Gasteiger partial charge is 0.347 e. The van der Waals surface area contributed by atoms with Crippen LogP contribution in [0.25, 0.3) is 22.4 Å². The molecule has 0 saturated heterocycles. The van der Waals surface area contributed by atoms with Gasteiger partial charge in [-0.05, 0) is 42.5 Å². The Balaban J connectivity index is 2.24. The normalized spacial score (nSPS) is 10.8. The summed E-state index contributed by atoms with van der Waals surface area (Å²) in [5.41, 5.74) is 0.632. The molecule has 0 N–H and O–H groups in total. The van der Waals surface area contributed by atoms with Crippen molar-refractivity contribution in [3.05, 3.63) is 63.2 Å². The highest BCUT2D eigenvalue weighted by molar-refractivity contribution is 9.10. The first kappa shape index (κ1) is 12.0. The minimum atomic E-state index is -0.467. The molecule has 0 saturated carbocycles. The van der Waals surface area contributed by atoms with Crippen molar-refractivity contribution in [1.29, 1.82) is 0 Å². The molecule has 1 aromatic heterocycles. The average Bonchev–Trinajstić information content (AvgIpc) is 2.40. The third-order valence-electron chi connectivity index (χ3n) is 2.68. The molecule has 0 fully saturated rings. The van der Waals surface area contributed by atoms with Crippen molar-refractivity contribution < 1.29 is 8.81 Å². The van der Waals surface area contributed by atoms with Crippen LogP contribution in [-0.2, 0) is 0 Å². The zero-order valence-electron chi connectivity index (χ0n) is 9.56. The molecule has 0 amide bonds. The fourth-order valence-corrected chi connectivity index (χ4v) is 2.12. The number of aromatic nitrogens is 1. The van der Waals surface area contributed by atoms with E-state index in [-0.39, 0.29) is 11.7 Å². The molecule has 0 bridgehead atoms. The van der Waals surface area contributed by atoms with Gasteiger partial charge in [-0.2, -0.15) is 0 Å². The van der Waals surface area contributed by atoms with Crippen LogP contribution in [-0.4, -0.2) is 4.98 Å². The van der Waals surface area contributed by atoms with Gasteiger partial charge < -0.3 is 4.42 Å². The van der Waals surface area contributed by atoms with Crippen LogP contribution in [0.15, 0.2) is 56.1 Å². The van der Waals surface area contributed by atoms with Crippen molar-refractivity contribution in [3.63, 3.8) is 0 Å². The van der Waals surface area contributed by atoms with Crippen LogP contribution in [0.4, 0.5) is 4.39 Å². The summed E-state index contributed by atoms with van der Waals surface area (Å²) in [5.74, 6) is -0.171. The van der Waals surface area contributed by atoms with E-state index in [0.717, 1.165) is 4.47 Å². The van der Waals surface area contributed by atoms with Crippen molar-refractivity contribution in [2.75, 3.05) is 0 Å². The summed E-state index contributed by atoms with van der Waals surface area (Å²) >= 11 is 3.29. The summed E-state index contributed by atoms with van der Waals surface area (Å²) in [6.07, 6.45) is 0. The Morgan fingerprint density at radius 2 is 1.84 bits per heavy atom. The molecule has 19 heavy (non-hydrogen) atoms. The van der Waals surface area contributed by atoms with E-state index in [1.165, 1.54) is 24.3 Å². The Morgan fingerprint density at radius 3 is 2.58 bits per heavy atom. The van der Waals surface area contributed by atoms with Crippen LogP contribution in [0.5, 0.6) is 0 Å². The zero-order chi connectivity index (χ0) is 13.4. The van der Waals surface area contributed by atoms with Gasteiger partial charge in [-0.15, -0.1) is 0 Å². The summed E-state index contributed by atoms with van der Waals surface area (Å²) in [6, 6.07) is 10.8. The summed E-state index contributed by atoms with van der Waals surface area (Å²) in [7, 11) is 0. The quantitative estimate of drug-likeness (QED) is 0.686. The molecule has 1 heterocycles. The molecule has 0 aliphatic carbocycles. The number of hydrogen-bond donors (Lipinski definition) is 0. The molecule has 3 rings (SSSR count). The molecule has 0 spiro atoms. The van der Waals surface area contributed by atoms with Crippen LogP contribution < -0.4 is 5.63 Å². The lowest BCUT2D eigenvalue weighted by Crippen LogP contribution is -2.02. The van der Waals surface area contributed by atoms with E-state index in [2.05, 4.69) is 20.9 Å². The third-order valence-corrected chi connectivity index (χ3v) is 3.17. The van der Waals surface area contributed by atoms with Gasteiger partial charge in [0, 0.05) is 10.0 Å². The topological polar surface area (TPSA) is 43.1 Å². The van der Waals surface area contributed by atoms with Gasteiger partial charge in [-0.25, -0.2) is 14.2 Å². The highest BCUT2D eigenvalue weighted by Crippen LogP contribution is 2.20. The maximum absolute atomic E-state index is 12.9. The predicted octanol–water partition coefficient (Wildman–Crippen LogP) is 3.76. The molecule has 3 nitrogen and oxygen atoms in total. The number of rotatable bonds is 1. The largest absolute Gasteiger partial charge is 0.403 e.